The first kappa shape index (κ1) is 63.1. The van der Waals surface area contributed by atoms with E-state index in [4.69, 9.17) is 29.2 Å². The summed E-state index contributed by atoms with van der Waals surface area (Å²) in [5.41, 5.74) is 2.36. The summed E-state index contributed by atoms with van der Waals surface area (Å²) in [7, 11) is 1.86. The van der Waals surface area contributed by atoms with Crippen molar-refractivity contribution in [1.82, 2.24) is 21.3 Å². The van der Waals surface area contributed by atoms with Gasteiger partial charge in [-0.1, -0.05) is 103 Å². The van der Waals surface area contributed by atoms with E-state index in [1.54, 1.807) is 0 Å². The number of carbonyl (C=O) groups excluding carboxylic acids is 4. The van der Waals surface area contributed by atoms with Crippen molar-refractivity contribution in [2.45, 2.75) is 137 Å². The van der Waals surface area contributed by atoms with Crippen LogP contribution in [0, 0.1) is 5.92 Å². The molecular weight excluding hydrogens is 813 g/mol. The van der Waals surface area contributed by atoms with Gasteiger partial charge in [-0.25, -0.2) is 4.79 Å². The monoisotopic (exact) mass is 897 g/mol. The van der Waals surface area contributed by atoms with Crippen molar-refractivity contribution in [2.24, 2.45) is 5.92 Å². The second-order valence-corrected chi connectivity index (χ2v) is 14.6. The number of aliphatic carboxylic acids is 2. The van der Waals surface area contributed by atoms with Crippen LogP contribution in [0.5, 0.6) is 0 Å². The number of carbonyl (C=O) groups is 6. The number of rotatable bonds is 38. The summed E-state index contributed by atoms with van der Waals surface area (Å²) >= 11 is 0. The summed E-state index contributed by atoms with van der Waals surface area (Å²) in [6.07, 6.45) is 12.6. The van der Waals surface area contributed by atoms with E-state index in [0.717, 1.165) is 82.7 Å². The third-order valence-electron chi connectivity index (χ3n) is 8.68. The number of nitrogens with one attached hydrogen (secondary N) is 4. The summed E-state index contributed by atoms with van der Waals surface area (Å²) < 4.78 is 21.2. The molecule has 364 valence electrons. The second-order valence-electron chi connectivity index (χ2n) is 14.6. The van der Waals surface area contributed by atoms with E-state index in [0.29, 0.717) is 71.4 Å². The quantitative estimate of drug-likeness (QED) is 0.0254. The third-order valence-corrected chi connectivity index (χ3v) is 8.68. The third kappa shape index (κ3) is 47.1. The Bertz CT molecular complexity index is 1270. The molecule has 0 spiro atoms. The predicted molar refractivity (Wildman–Crippen MR) is 248 cm³/mol. The lowest BCUT2D eigenvalue weighted by Crippen LogP contribution is -2.40. The van der Waals surface area contributed by atoms with Gasteiger partial charge in [0.1, 0.15) is 25.5 Å². The van der Waals surface area contributed by atoms with E-state index in [-0.39, 0.29) is 50.2 Å². The Morgan fingerprint density at radius 2 is 1.10 bits per heavy atom. The van der Waals surface area contributed by atoms with Crippen molar-refractivity contribution in [3.05, 3.63) is 48.6 Å². The van der Waals surface area contributed by atoms with Crippen molar-refractivity contribution in [1.29, 1.82) is 0 Å². The molecule has 0 saturated carbocycles. The minimum absolute atomic E-state index is 0.00427. The first-order valence-electron chi connectivity index (χ1n) is 22.7. The Morgan fingerprint density at radius 1 is 0.635 bits per heavy atom. The molecule has 1 rings (SSSR count). The zero-order valence-corrected chi connectivity index (χ0v) is 39.3. The maximum Gasteiger partial charge on any atom is 0.326 e. The van der Waals surface area contributed by atoms with Crippen molar-refractivity contribution < 1.29 is 57.9 Å². The molecule has 0 bridgehead atoms. The summed E-state index contributed by atoms with van der Waals surface area (Å²) in [4.78, 5) is 66.8. The molecule has 63 heavy (non-hydrogen) atoms. The van der Waals surface area contributed by atoms with Crippen LogP contribution in [0.3, 0.4) is 0 Å². The number of likely N-dealkylation sites (N-methyl/N-ethyl adjacent to an activating group) is 1. The molecule has 3 amide bonds. The van der Waals surface area contributed by atoms with Crippen LogP contribution in [0.2, 0.25) is 0 Å². The van der Waals surface area contributed by atoms with E-state index in [9.17, 15) is 28.8 Å². The summed E-state index contributed by atoms with van der Waals surface area (Å²) in [5.74, 6) is -1.85. The second kappa shape index (κ2) is 48.8. The molecule has 0 aliphatic carbocycles. The lowest BCUT2D eigenvalue weighted by molar-refractivity contribution is -0.142. The Kier molecular flexibility index (Phi) is 48.9. The largest absolute Gasteiger partial charge is 0.481 e. The standard InChI is InChI=1S/C24H41N3O6.C19H33NO6.C2H6.C2H4/c1-20(2)16-21-4-6-22(7-5-21)17-27-24(29)19-33-15-13-31-11-9-26-23(28)18-32-14-12-30-10-8-25-3;21-15-11-12-16(19(25)26)20-17(22)13-9-7-5-3-1-2-4-6-8-10-14-18(23)24;2*1-2/h4-7,20,25H,8-19H2,1-3H3,(H,26,28)(H,27,29);15-16H,1-14H2,(H,20,22)(H,23,24)(H,25,26);1-2H3;1-2H2. The zero-order chi connectivity index (χ0) is 47.8. The molecular formula is C47H84N4O12. The molecule has 16 nitrogen and oxygen atoms in total. The van der Waals surface area contributed by atoms with Gasteiger partial charge in [-0.15, -0.1) is 13.2 Å². The van der Waals surface area contributed by atoms with Crippen molar-refractivity contribution in [2.75, 3.05) is 73.0 Å². The van der Waals surface area contributed by atoms with E-state index < -0.39 is 18.0 Å². The van der Waals surface area contributed by atoms with Crippen molar-refractivity contribution in [3.63, 3.8) is 0 Å². The number of carboxylic acid groups (broad SMARTS) is 2. The lowest BCUT2D eigenvalue weighted by Gasteiger charge is -2.13. The summed E-state index contributed by atoms with van der Waals surface area (Å²) in [6, 6.07) is 7.31. The van der Waals surface area contributed by atoms with Crippen LogP contribution in [-0.4, -0.2) is 125 Å². The molecule has 0 heterocycles. The van der Waals surface area contributed by atoms with Gasteiger partial charge in [0.15, 0.2) is 0 Å². The van der Waals surface area contributed by atoms with Gasteiger partial charge >= 0.3 is 11.9 Å². The molecule has 1 atom stereocenters. The maximum atomic E-state index is 11.9. The Hall–Kier alpha value is -4.22. The lowest BCUT2D eigenvalue weighted by atomic mass is 10.0. The highest BCUT2D eigenvalue weighted by molar-refractivity contribution is 5.83. The zero-order valence-electron chi connectivity index (χ0n) is 39.3. The van der Waals surface area contributed by atoms with Crippen LogP contribution in [0.25, 0.3) is 0 Å². The molecule has 1 unspecified atom stereocenters. The summed E-state index contributed by atoms with van der Waals surface area (Å²) in [5, 5.41) is 28.5. The molecule has 1 aromatic carbocycles. The van der Waals surface area contributed by atoms with Crippen LogP contribution in [-0.2, 0) is 60.7 Å². The highest BCUT2D eigenvalue weighted by atomic mass is 16.5. The van der Waals surface area contributed by atoms with Gasteiger partial charge in [-0.2, -0.15) is 0 Å². The van der Waals surface area contributed by atoms with Gasteiger partial charge in [0.25, 0.3) is 0 Å². The molecule has 0 saturated heterocycles. The van der Waals surface area contributed by atoms with Crippen LogP contribution >= 0.6 is 0 Å². The molecule has 1 aromatic rings. The van der Waals surface area contributed by atoms with Crippen LogP contribution < -0.4 is 21.3 Å². The molecule has 0 fully saturated rings. The molecule has 0 aliphatic rings. The van der Waals surface area contributed by atoms with E-state index in [2.05, 4.69) is 60.4 Å². The van der Waals surface area contributed by atoms with Crippen LogP contribution in [0.4, 0.5) is 0 Å². The predicted octanol–water partition coefficient (Wildman–Crippen LogP) is 6.03. The highest BCUT2D eigenvalue weighted by Crippen LogP contribution is 2.13. The number of unbranched alkanes of at least 4 members (excludes halogenated alkanes) is 9. The Balaban J connectivity index is -0.00000109. The fraction of sp³-hybridized carbons (Fsp3) is 0.702. The van der Waals surface area contributed by atoms with E-state index >= 15 is 0 Å². The van der Waals surface area contributed by atoms with E-state index in [1.807, 2.05) is 33.0 Å². The normalized spacial score (nSPS) is 10.8. The molecule has 0 aliphatic heterocycles. The van der Waals surface area contributed by atoms with Gasteiger partial charge in [-0.05, 0) is 49.8 Å². The first-order chi connectivity index (χ1) is 30.5. The van der Waals surface area contributed by atoms with Gasteiger partial charge in [0, 0.05) is 38.9 Å². The molecule has 0 aromatic heterocycles. The minimum Gasteiger partial charge on any atom is -0.481 e. The topological polar surface area (TPSA) is 228 Å². The van der Waals surface area contributed by atoms with Crippen LogP contribution in [0.15, 0.2) is 37.4 Å². The van der Waals surface area contributed by atoms with Crippen molar-refractivity contribution in [3.8, 4) is 0 Å². The van der Waals surface area contributed by atoms with E-state index in [1.165, 1.54) is 5.56 Å². The highest BCUT2D eigenvalue weighted by Gasteiger charge is 2.19. The number of amides is 3. The number of hydrogen-bond acceptors (Lipinski definition) is 11. The number of hydrogen-bond donors (Lipinski definition) is 6. The number of aldehydes is 1. The average molecular weight is 897 g/mol. The minimum atomic E-state index is -1.11. The van der Waals surface area contributed by atoms with Gasteiger partial charge in [0.05, 0.1) is 39.6 Å². The van der Waals surface area contributed by atoms with Gasteiger partial charge < -0.3 is 55.2 Å². The summed E-state index contributed by atoms with van der Waals surface area (Å²) in [6.45, 7) is 18.5. The number of carboxylic acids is 2. The van der Waals surface area contributed by atoms with Crippen molar-refractivity contribution >= 4 is 35.9 Å². The fourth-order valence-corrected chi connectivity index (χ4v) is 5.51. The average Bonchev–Trinajstić information content (AvgIpc) is 3.27. The Morgan fingerprint density at radius 3 is 1.57 bits per heavy atom. The SMILES string of the molecule is C=C.CC.CNCCOCCOCC(=O)NCCOCCOCC(=O)NCc1ccc(CC(C)C)cc1.O=CCCC(NC(=O)CCCCCCCCCCCCC(=O)O)C(=O)O. The Labute approximate surface area is 378 Å². The maximum absolute atomic E-state index is 11.9. The smallest absolute Gasteiger partial charge is 0.326 e. The first-order valence-corrected chi connectivity index (χ1v) is 22.7. The molecule has 6 N–H and O–H groups in total. The molecule has 16 heteroatoms. The number of benzene rings is 1. The van der Waals surface area contributed by atoms with Gasteiger partial charge in [0.2, 0.25) is 17.7 Å². The number of ether oxygens (including phenoxy) is 4. The molecule has 0 radical (unpaired) electrons. The van der Waals surface area contributed by atoms with Crippen LogP contribution in [0.1, 0.15) is 129 Å². The fourth-order valence-electron chi connectivity index (χ4n) is 5.51. The van der Waals surface area contributed by atoms with Gasteiger partial charge in [-0.3, -0.25) is 19.2 Å².